The Hall–Kier alpha value is -1.55. The Morgan fingerprint density at radius 3 is 2.48 bits per heavy atom. The topological polar surface area (TPSA) is 113 Å². The molecule has 1 saturated heterocycles. The number of aryl methyl sites for hydroxylation is 2. The normalized spacial score (nSPS) is 22.9. The highest BCUT2D eigenvalue weighted by Gasteiger charge is 2.50. The zero-order valence-corrected chi connectivity index (χ0v) is 14.6. The van der Waals surface area contributed by atoms with Gasteiger partial charge in [-0.25, -0.2) is 9.78 Å². The van der Waals surface area contributed by atoms with Gasteiger partial charge in [0.1, 0.15) is 0 Å². The number of nitrogens with zero attached hydrogens (tertiary/aromatic N) is 1. The molecule has 0 radical (unpaired) electrons. The Morgan fingerprint density at radius 2 is 2.04 bits per heavy atom. The van der Waals surface area contributed by atoms with Crippen LogP contribution < -0.4 is 16.0 Å². The van der Waals surface area contributed by atoms with Crippen LogP contribution in [-0.4, -0.2) is 40.6 Å². The van der Waals surface area contributed by atoms with E-state index in [4.69, 9.17) is 4.74 Å². The van der Waals surface area contributed by atoms with Crippen LogP contribution in [0.5, 0.6) is 0 Å². The van der Waals surface area contributed by atoms with E-state index in [9.17, 15) is 14.7 Å². The maximum Gasteiger partial charge on any atom is 0.322 e. The second-order valence-electron chi connectivity index (χ2n) is 6.41. The summed E-state index contributed by atoms with van der Waals surface area (Å²) < 4.78 is 5.36. The molecule has 0 aliphatic carbocycles. The van der Waals surface area contributed by atoms with E-state index in [-0.39, 0.29) is 6.54 Å². The molecule has 8 nitrogen and oxygen atoms in total. The van der Waals surface area contributed by atoms with Gasteiger partial charge in [0.2, 0.25) is 6.41 Å². The first kappa shape index (κ1) is 17.8. The maximum absolute atomic E-state index is 12.4. The SMILES string of the molecule is Cc1nc(C2(CNC(O)OC(C)(C)C)NC(=O)NC2=O)c(C)s1. The van der Waals surface area contributed by atoms with E-state index in [0.29, 0.717) is 5.69 Å². The van der Waals surface area contributed by atoms with E-state index < -0.39 is 29.5 Å². The van der Waals surface area contributed by atoms with Crippen LogP contribution in [0.25, 0.3) is 0 Å². The molecule has 2 rings (SSSR count). The fourth-order valence-electron chi connectivity index (χ4n) is 2.41. The van der Waals surface area contributed by atoms with Crippen LogP contribution in [0.15, 0.2) is 0 Å². The molecule has 0 spiro atoms. The monoisotopic (exact) mass is 342 g/mol. The molecule has 1 aromatic rings. The van der Waals surface area contributed by atoms with Crippen LogP contribution in [0.2, 0.25) is 0 Å². The molecule has 1 aromatic heterocycles. The Bertz CT molecular complexity index is 625. The van der Waals surface area contributed by atoms with Crippen molar-refractivity contribution >= 4 is 23.3 Å². The zero-order chi connectivity index (χ0) is 17.4. The highest BCUT2D eigenvalue weighted by atomic mass is 32.1. The number of ether oxygens (including phenoxy) is 1. The van der Waals surface area contributed by atoms with E-state index in [1.165, 1.54) is 11.3 Å². The van der Waals surface area contributed by atoms with Gasteiger partial charge in [-0.15, -0.1) is 11.3 Å². The van der Waals surface area contributed by atoms with Crippen molar-refractivity contribution in [2.75, 3.05) is 6.54 Å². The number of rotatable bonds is 5. The lowest BCUT2D eigenvalue weighted by Gasteiger charge is -2.29. The third-order valence-corrected chi connectivity index (χ3v) is 4.14. The third kappa shape index (κ3) is 3.86. The first-order valence-corrected chi connectivity index (χ1v) is 8.02. The summed E-state index contributed by atoms with van der Waals surface area (Å²) in [6.45, 7) is 9.00. The number of imide groups is 1. The summed E-state index contributed by atoms with van der Waals surface area (Å²) in [5.41, 5.74) is -1.46. The van der Waals surface area contributed by atoms with Gasteiger partial charge in [-0.2, -0.15) is 0 Å². The number of carbonyl (C=O) groups is 2. The molecule has 2 atom stereocenters. The summed E-state index contributed by atoms with van der Waals surface area (Å²) in [7, 11) is 0. The minimum atomic E-state index is -1.37. The Balaban J connectivity index is 2.25. The van der Waals surface area contributed by atoms with Crippen LogP contribution in [0.1, 0.15) is 36.3 Å². The van der Waals surface area contributed by atoms with Crippen LogP contribution in [0.4, 0.5) is 4.79 Å². The molecule has 9 heteroatoms. The second-order valence-corrected chi connectivity index (χ2v) is 7.82. The number of hydrogen-bond acceptors (Lipinski definition) is 7. The summed E-state index contributed by atoms with van der Waals surface area (Å²) in [5.74, 6) is -0.508. The molecule has 128 valence electrons. The number of urea groups is 1. The minimum absolute atomic E-state index is 0.0498. The van der Waals surface area contributed by atoms with E-state index in [0.717, 1.165) is 9.88 Å². The Morgan fingerprint density at radius 1 is 1.39 bits per heavy atom. The second kappa shape index (κ2) is 6.16. The molecule has 3 amide bonds. The van der Waals surface area contributed by atoms with Gasteiger partial charge >= 0.3 is 6.03 Å². The largest absolute Gasteiger partial charge is 0.356 e. The van der Waals surface area contributed by atoms with Crippen molar-refractivity contribution in [1.29, 1.82) is 0 Å². The number of nitrogens with one attached hydrogen (secondary N) is 3. The van der Waals surface area contributed by atoms with Gasteiger partial charge in [-0.1, -0.05) is 0 Å². The number of aromatic nitrogens is 1. The molecule has 2 unspecified atom stereocenters. The molecule has 23 heavy (non-hydrogen) atoms. The van der Waals surface area contributed by atoms with Crippen molar-refractivity contribution in [2.24, 2.45) is 0 Å². The lowest BCUT2D eigenvalue weighted by atomic mass is 9.94. The maximum atomic E-state index is 12.4. The van der Waals surface area contributed by atoms with Gasteiger partial charge in [0.05, 0.1) is 16.3 Å². The standard InChI is InChI=1S/C14H22N4O4S/c1-7-9(16-8(2)23-7)14(10(19)17-11(20)18-14)6-15-12(21)22-13(3,4)5/h12,15,21H,6H2,1-5H3,(H2,17,18,19,20). The predicted molar refractivity (Wildman–Crippen MR) is 84.8 cm³/mol. The summed E-state index contributed by atoms with van der Waals surface area (Å²) in [4.78, 5) is 29.2. The van der Waals surface area contributed by atoms with Crippen LogP contribution in [-0.2, 0) is 15.1 Å². The first-order valence-electron chi connectivity index (χ1n) is 7.21. The lowest BCUT2D eigenvalue weighted by molar-refractivity contribution is -0.183. The number of aliphatic hydroxyl groups is 1. The summed E-state index contributed by atoms with van der Waals surface area (Å²) in [6.07, 6.45) is -1.28. The quantitative estimate of drug-likeness (QED) is 0.457. The predicted octanol–water partition coefficient (Wildman–Crippen LogP) is 0.475. The zero-order valence-electron chi connectivity index (χ0n) is 13.8. The molecular formula is C14H22N4O4S. The summed E-state index contributed by atoms with van der Waals surface area (Å²) >= 11 is 1.44. The van der Waals surface area contributed by atoms with Gasteiger partial charge in [0, 0.05) is 11.4 Å². The highest BCUT2D eigenvalue weighted by molar-refractivity contribution is 7.11. The van der Waals surface area contributed by atoms with Crippen molar-refractivity contribution in [3.05, 3.63) is 15.6 Å². The summed E-state index contributed by atoms with van der Waals surface area (Å²) in [5, 5.41) is 18.3. The minimum Gasteiger partial charge on any atom is -0.356 e. The van der Waals surface area contributed by atoms with Crippen molar-refractivity contribution in [1.82, 2.24) is 20.9 Å². The highest BCUT2D eigenvalue weighted by Crippen LogP contribution is 2.30. The Labute approximate surface area is 138 Å². The van der Waals surface area contributed by atoms with Gasteiger partial charge in [0.15, 0.2) is 5.54 Å². The van der Waals surface area contributed by atoms with E-state index >= 15 is 0 Å². The Kier molecular flexibility index (Phi) is 4.76. The first-order chi connectivity index (χ1) is 10.5. The van der Waals surface area contributed by atoms with Crippen molar-refractivity contribution in [3.8, 4) is 0 Å². The smallest absolute Gasteiger partial charge is 0.322 e. The van der Waals surface area contributed by atoms with E-state index in [2.05, 4.69) is 20.9 Å². The molecule has 2 heterocycles. The average Bonchev–Trinajstić information content (AvgIpc) is 2.85. The molecule has 4 N–H and O–H groups in total. The van der Waals surface area contributed by atoms with Crippen molar-refractivity contribution < 1.29 is 19.4 Å². The van der Waals surface area contributed by atoms with Crippen LogP contribution in [0, 0.1) is 13.8 Å². The van der Waals surface area contributed by atoms with Gasteiger partial charge in [-0.3, -0.25) is 15.4 Å². The molecular weight excluding hydrogens is 320 g/mol. The lowest BCUT2D eigenvalue weighted by Crippen LogP contribution is -2.54. The van der Waals surface area contributed by atoms with Crippen molar-refractivity contribution in [3.63, 3.8) is 0 Å². The molecule has 0 bridgehead atoms. The summed E-state index contributed by atoms with van der Waals surface area (Å²) in [6, 6.07) is -0.590. The number of carbonyl (C=O) groups excluding carboxylic acids is 2. The van der Waals surface area contributed by atoms with Gasteiger partial charge in [-0.05, 0) is 34.6 Å². The van der Waals surface area contributed by atoms with Crippen molar-refractivity contribution in [2.45, 2.75) is 52.2 Å². The number of thiazole rings is 1. The van der Waals surface area contributed by atoms with Gasteiger partial charge < -0.3 is 15.2 Å². The van der Waals surface area contributed by atoms with Crippen LogP contribution >= 0.6 is 11.3 Å². The molecule has 1 aliphatic heterocycles. The molecule has 1 aliphatic rings. The van der Waals surface area contributed by atoms with Gasteiger partial charge in [0.25, 0.3) is 5.91 Å². The fourth-order valence-corrected chi connectivity index (χ4v) is 3.30. The number of hydrogen-bond donors (Lipinski definition) is 4. The fraction of sp³-hybridized carbons (Fsp3) is 0.643. The average molecular weight is 342 g/mol. The van der Waals surface area contributed by atoms with E-state index in [1.807, 2.05) is 13.8 Å². The number of amides is 3. The molecule has 0 saturated carbocycles. The van der Waals surface area contributed by atoms with E-state index in [1.54, 1.807) is 20.8 Å². The third-order valence-electron chi connectivity index (χ3n) is 3.26. The number of aliphatic hydroxyl groups excluding tert-OH is 1. The van der Waals surface area contributed by atoms with Crippen LogP contribution in [0.3, 0.4) is 0 Å². The molecule has 1 fully saturated rings. The molecule has 0 aromatic carbocycles.